The summed E-state index contributed by atoms with van der Waals surface area (Å²) in [6.45, 7) is 6.98. The van der Waals surface area contributed by atoms with Crippen LogP contribution in [-0.2, 0) is 14.8 Å². The molecule has 0 spiro atoms. The van der Waals surface area contributed by atoms with Gasteiger partial charge in [0.15, 0.2) is 0 Å². The molecular weight excluding hydrogens is 304 g/mol. The first kappa shape index (κ1) is 18.1. The van der Waals surface area contributed by atoms with Gasteiger partial charge in [0.25, 0.3) is 0 Å². The van der Waals surface area contributed by atoms with Crippen molar-refractivity contribution in [2.24, 2.45) is 5.92 Å². The van der Waals surface area contributed by atoms with Crippen LogP contribution in [0.25, 0.3) is 0 Å². The van der Waals surface area contributed by atoms with Crippen molar-refractivity contribution in [1.82, 2.24) is 4.72 Å². The van der Waals surface area contributed by atoms with Crippen LogP contribution in [0.15, 0.2) is 29.2 Å². The van der Waals surface area contributed by atoms with Gasteiger partial charge in [-0.1, -0.05) is 13.8 Å². The standard InChI is InChI=1S/C15H20N2O4S/c1-5-21-14(18)12-6-8-13(9-7-12)22(19,20)17-15(4,10-16)11(2)3/h6-9,11,17H,5H2,1-4H3/t15-/m0/s1. The first-order chi connectivity index (χ1) is 10.2. The molecular formula is C15H20N2O4S. The summed E-state index contributed by atoms with van der Waals surface area (Å²) >= 11 is 0. The quantitative estimate of drug-likeness (QED) is 0.808. The van der Waals surface area contributed by atoms with Gasteiger partial charge in [-0.2, -0.15) is 9.98 Å². The van der Waals surface area contributed by atoms with Crippen molar-refractivity contribution in [3.05, 3.63) is 29.8 Å². The van der Waals surface area contributed by atoms with Gasteiger partial charge in [-0.15, -0.1) is 0 Å². The van der Waals surface area contributed by atoms with Gasteiger partial charge >= 0.3 is 5.97 Å². The molecule has 0 bridgehead atoms. The molecule has 22 heavy (non-hydrogen) atoms. The summed E-state index contributed by atoms with van der Waals surface area (Å²) in [6, 6.07) is 7.37. The van der Waals surface area contributed by atoms with Gasteiger partial charge < -0.3 is 4.74 Å². The third-order valence-electron chi connectivity index (χ3n) is 3.41. The Morgan fingerprint density at radius 3 is 2.32 bits per heavy atom. The number of nitrogens with one attached hydrogen (secondary N) is 1. The van der Waals surface area contributed by atoms with Gasteiger partial charge in [-0.3, -0.25) is 0 Å². The van der Waals surface area contributed by atoms with Gasteiger partial charge in [-0.05, 0) is 44.0 Å². The minimum Gasteiger partial charge on any atom is -0.462 e. The molecule has 1 aromatic rings. The fourth-order valence-electron chi connectivity index (χ4n) is 1.59. The molecule has 1 atom stereocenters. The molecule has 0 amide bonds. The summed E-state index contributed by atoms with van der Waals surface area (Å²) in [5.41, 5.74) is -0.939. The number of carbonyl (C=O) groups excluding carboxylic acids is 1. The molecule has 0 unspecified atom stereocenters. The van der Waals surface area contributed by atoms with E-state index in [-0.39, 0.29) is 23.0 Å². The Labute approximate surface area is 131 Å². The summed E-state index contributed by atoms with van der Waals surface area (Å²) in [6.07, 6.45) is 0. The van der Waals surface area contributed by atoms with Gasteiger partial charge in [0, 0.05) is 0 Å². The van der Waals surface area contributed by atoms with E-state index in [1.165, 1.54) is 31.2 Å². The maximum absolute atomic E-state index is 12.3. The number of benzene rings is 1. The zero-order valence-electron chi connectivity index (χ0n) is 13.1. The third-order valence-corrected chi connectivity index (χ3v) is 4.99. The lowest BCUT2D eigenvalue weighted by molar-refractivity contribution is 0.0526. The largest absolute Gasteiger partial charge is 0.462 e. The maximum Gasteiger partial charge on any atom is 0.338 e. The number of carbonyl (C=O) groups is 1. The molecule has 0 fully saturated rings. The van der Waals surface area contributed by atoms with E-state index in [1.54, 1.807) is 20.8 Å². The van der Waals surface area contributed by atoms with Crippen LogP contribution < -0.4 is 4.72 Å². The zero-order chi connectivity index (χ0) is 17.0. The normalized spacial score (nSPS) is 14.2. The SMILES string of the molecule is CCOC(=O)c1ccc(S(=O)(=O)N[C@@](C)(C#N)C(C)C)cc1. The van der Waals surface area contributed by atoms with Crippen LogP contribution in [-0.4, -0.2) is 26.5 Å². The molecule has 7 heteroatoms. The predicted octanol–water partition coefficient (Wildman–Crippen LogP) is 2.08. The van der Waals surface area contributed by atoms with Crippen molar-refractivity contribution < 1.29 is 17.9 Å². The van der Waals surface area contributed by atoms with Crippen LogP contribution in [0.5, 0.6) is 0 Å². The fourth-order valence-corrected chi connectivity index (χ4v) is 3.04. The van der Waals surface area contributed by atoms with Crippen molar-refractivity contribution in [2.75, 3.05) is 6.61 Å². The second kappa shape index (κ2) is 6.90. The third kappa shape index (κ3) is 4.06. The Balaban J connectivity index is 3.05. The molecule has 0 heterocycles. The van der Waals surface area contributed by atoms with Gasteiger partial charge in [0.1, 0.15) is 5.54 Å². The van der Waals surface area contributed by atoms with E-state index in [0.29, 0.717) is 0 Å². The molecule has 1 N–H and O–H groups in total. The first-order valence-corrected chi connectivity index (χ1v) is 8.37. The molecule has 1 rings (SSSR count). The second-order valence-electron chi connectivity index (χ2n) is 5.32. The lowest BCUT2D eigenvalue weighted by Gasteiger charge is -2.26. The van der Waals surface area contributed by atoms with E-state index in [9.17, 15) is 18.5 Å². The van der Waals surface area contributed by atoms with Crippen molar-refractivity contribution in [3.8, 4) is 6.07 Å². The molecule has 0 aromatic heterocycles. The lowest BCUT2D eigenvalue weighted by atomic mass is 9.92. The van der Waals surface area contributed by atoms with E-state index in [1.807, 2.05) is 6.07 Å². The Hall–Kier alpha value is -1.91. The van der Waals surface area contributed by atoms with E-state index in [2.05, 4.69) is 4.72 Å². The van der Waals surface area contributed by atoms with Crippen molar-refractivity contribution >= 4 is 16.0 Å². The van der Waals surface area contributed by atoms with E-state index >= 15 is 0 Å². The predicted molar refractivity (Wildman–Crippen MR) is 81.6 cm³/mol. The Kier molecular flexibility index (Phi) is 5.69. The average molecular weight is 324 g/mol. The first-order valence-electron chi connectivity index (χ1n) is 6.88. The summed E-state index contributed by atoms with van der Waals surface area (Å²) in [4.78, 5) is 11.5. The Morgan fingerprint density at radius 1 is 1.36 bits per heavy atom. The van der Waals surface area contributed by atoms with Crippen molar-refractivity contribution in [3.63, 3.8) is 0 Å². The highest BCUT2D eigenvalue weighted by atomic mass is 32.2. The van der Waals surface area contributed by atoms with Gasteiger partial charge in [0.2, 0.25) is 10.0 Å². The van der Waals surface area contributed by atoms with Crippen LogP contribution in [0.3, 0.4) is 0 Å². The highest BCUT2D eigenvalue weighted by molar-refractivity contribution is 7.89. The molecule has 0 saturated heterocycles. The summed E-state index contributed by atoms with van der Waals surface area (Å²) < 4.78 is 31.9. The monoisotopic (exact) mass is 324 g/mol. The molecule has 0 aliphatic rings. The number of nitriles is 1. The number of sulfonamides is 1. The number of nitrogens with zero attached hydrogens (tertiary/aromatic N) is 1. The van der Waals surface area contributed by atoms with Crippen LogP contribution in [0.4, 0.5) is 0 Å². The van der Waals surface area contributed by atoms with E-state index in [0.717, 1.165) is 0 Å². The highest BCUT2D eigenvalue weighted by Crippen LogP contribution is 2.20. The minimum atomic E-state index is -3.85. The average Bonchev–Trinajstić information content (AvgIpc) is 2.47. The minimum absolute atomic E-state index is 0.0114. The van der Waals surface area contributed by atoms with Gasteiger partial charge in [0.05, 0.1) is 23.1 Å². The van der Waals surface area contributed by atoms with Crippen LogP contribution in [0, 0.1) is 17.2 Å². The van der Waals surface area contributed by atoms with E-state index in [4.69, 9.17) is 4.74 Å². The number of rotatable bonds is 6. The van der Waals surface area contributed by atoms with Crippen molar-refractivity contribution in [2.45, 2.75) is 38.1 Å². The fraction of sp³-hybridized carbons (Fsp3) is 0.467. The highest BCUT2D eigenvalue weighted by Gasteiger charge is 2.33. The van der Waals surface area contributed by atoms with E-state index < -0.39 is 21.5 Å². The topological polar surface area (TPSA) is 96.3 Å². The van der Waals surface area contributed by atoms with Crippen LogP contribution >= 0.6 is 0 Å². The molecule has 0 radical (unpaired) electrons. The molecule has 1 aromatic carbocycles. The maximum atomic E-state index is 12.3. The molecule has 0 saturated carbocycles. The summed E-state index contributed by atoms with van der Waals surface area (Å²) in [5.74, 6) is -0.713. The smallest absolute Gasteiger partial charge is 0.338 e. The number of esters is 1. The van der Waals surface area contributed by atoms with Crippen molar-refractivity contribution in [1.29, 1.82) is 5.26 Å². The molecule has 6 nitrogen and oxygen atoms in total. The molecule has 120 valence electrons. The summed E-state index contributed by atoms with van der Waals surface area (Å²) in [5, 5.41) is 9.20. The molecule has 0 aliphatic heterocycles. The van der Waals surface area contributed by atoms with Crippen LogP contribution in [0.1, 0.15) is 38.1 Å². The summed E-state index contributed by atoms with van der Waals surface area (Å²) in [7, 11) is -3.85. The number of hydrogen-bond donors (Lipinski definition) is 1. The second-order valence-corrected chi connectivity index (χ2v) is 7.00. The Morgan fingerprint density at radius 2 is 1.91 bits per heavy atom. The number of ether oxygens (including phenoxy) is 1. The van der Waals surface area contributed by atoms with Gasteiger partial charge in [-0.25, -0.2) is 13.2 Å². The number of hydrogen-bond acceptors (Lipinski definition) is 5. The molecule has 0 aliphatic carbocycles. The van der Waals surface area contributed by atoms with Crippen LogP contribution in [0.2, 0.25) is 0 Å². The Bertz CT molecular complexity index is 674. The zero-order valence-corrected chi connectivity index (χ0v) is 13.9. The lowest BCUT2D eigenvalue weighted by Crippen LogP contribution is -2.48.